The zero-order chi connectivity index (χ0) is 11.4. The number of rotatable bonds is 3. The zero-order valence-electron chi connectivity index (χ0n) is 8.63. The normalized spacial score (nSPS) is 16.9. The highest BCUT2D eigenvalue weighted by atomic mass is 32.1. The molecule has 6 heteroatoms. The average Bonchev–Trinajstić information content (AvgIpc) is 2.76. The van der Waals surface area contributed by atoms with Gasteiger partial charge in [-0.15, -0.1) is 11.3 Å². The Labute approximate surface area is 97.0 Å². The average molecular weight is 240 g/mol. The molecule has 1 aromatic rings. The van der Waals surface area contributed by atoms with Gasteiger partial charge >= 0.3 is 5.97 Å². The minimum Gasteiger partial charge on any atom is -0.478 e. The number of anilines is 1. The molecule has 0 radical (unpaired) electrons. The Morgan fingerprint density at radius 1 is 1.56 bits per heavy atom. The van der Waals surface area contributed by atoms with E-state index in [-0.39, 0.29) is 0 Å². The van der Waals surface area contributed by atoms with Crippen LogP contribution in [-0.2, 0) is 9.53 Å². The highest BCUT2D eigenvalue weighted by molar-refractivity contribution is 7.13. The number of ether oxygens (including phenoxy) is 1. The van der Waals surface area contributed by atoms with E-state index in [4.69, 9.17) is 9.84 Å². The van der Waals surface area contributed by atoms with Crippen molar-refractivity contribution < 1.29 is 14.6 Å². The first-order valence-electron chi connectivity index (χ1n) is 4.95. The van der Waals surface area contributed by atoms with Gasteiger partial charge in [-0.3, -0.25) is 0 Å². The number of morpholine rings is 1. The van der Waals surface area contributed by atoms with Crippen molar-refractivity contribution in [2.75, 3.05) is 31.2 Å². The first kappa shape index (κ1) is 11.1. The first-order valence-corrected chi connectivity index (χ1v) is 5.83. The maximum Gasteiger partial charge on any atom is 0.328 e. The smallest absolute Gasteiger partial charge is 0.328 e. The lowest BCUT2D eigenvalue weighted by Gasteiger charge is -2.25. The third kappa shape index (κ3) is 2.80. The number of carboxylic acids is 1. The summed E-state index contributed by atoms with van der Waals surface area (Å²) in [6.07, 6.45) is 2.60. The van der Waals surface area contributed by atoms with E-state index < -0.39 is 5.97 Å². The van der Waals surface area contributed by atoms with Crippen LogP contribution in [0, 0.1) is 0 Å². The Morgan fingerprint density at radius 3 is 3.00 bits per heavy atom. The van der Waals surface area contributed by atoms with Gasteiger partial charge in [0.15, 0.2) is 5.13 Å². The van der Waals surface area contributed by atoms with Crippen LogP contribution in [0.3, 0.4) is 0 Å². The molecule has 0 amide bonds. The van der Waals surface area contributed by atoms with E-state index in [0.717, 1.165) is 37.5 Å². The molecule has 1 saturated heterocycles. The number of aliphatic carboxylic acids is 1. The van der Waals surface area contributed by atoms with Gasteiger partial charge in [-0.2, -0.15) is 0 Å². The van der Waals surface area contributed by atoms with Crippen LogP contribution in [-0.4, -0.2) is 42.4 Å². The molecule has 0 saturated carbocycles. The third-order valence-corrected chi connectivity index (χ3v) is 3.11. The van der Waals surface area contributed by atoms with Crippen LogP contribution in [0.2, 0.25) is 0 Å². The van der Waals surface area contributed by atoms with Gasteiger partial charge in [0, 0.05) is 24.5 Å². The number of nitrogens with zero attached hydrogens (tertiary/aromatic N) is 2. The molecular weight excluding hydrogens is 228 g/mol. The summed E-state index contributed by atoms with van der Waals surface area (Å²) in [4.78, 5) is 16.8. The highest BCUT2D eigenvalue weighted by Gasteiger charge is 2.13. The summed E-state index contributed by atoms with van der Waals surface area (Å²) in [5, 5.41) is 11.3. The molecule has 0 unspecified atom stereocenters. The van der Waals surface area contributed by atoms with Crippen molar-refractivity contribution in [3.8, 4) is 0 Å². The fourth-order valence-corrected chi connectivity index (χ4v) is 2.26. The van der Waals surface area contributed by atoms with E-state index >= 15 is 0 Å². The number of hydrogen-bond acceptors (Lipinski definition) is 5. The van der Waals surface area contributed by atoms with E-state index in [1.54, 1.807) is 0 Å². The van der Waals surface area contributed by atoms with Gasteiger partial charge in [-0.1, -0.05) is 0 Å². The van der Waals surface area contributed by atoms with Gasteiger partial charge in [-0.25, -0.2) is 9.78 Å². The van der Waals surface area contributed by atoms with Crippen LogP contribution in [0.5, 0.6) is 0 Å². The number of carboxylic acid groups (broad SMARTS) is 1. The van der Waals surface area contributed by atoms with Gasteiger partial charge in [0.05, 0.1) is 18.9 Å². The number of carbonyl (C=O) groups is 1. The molecule has 2 rings (SSSR count). The lowest BCUT2D eigenvalue weighted by atomic mass is 10.4. The monoisotopic (exact) mass is 240 g/mol. The maximum atomic E-state index is 10.3. The van der Waals surface area contributed by atoms with Crippen molar-refractivity contribution in [3.05, 3.63) is 17.2 Å². The molecule has 86 valence electrons. The van der Waals surface area contributed by atoms with Gasteiger partial charge in [-0.05, 0) is 6.08 Å². The highest BCUT2D eigenvalue weighted by Crippen LogP contribution is 2.21. The predicted octanol–water partition coefficient (Wildman–Crippen LogP) is 1.08. The summed E-state index contributed by atoms with van der Waals surface area (Å²) < 4.78 is 5.25. The molecule has 0 aromatic carbocycles. The standard InChI is InChI=1S/C10H12N2O3S/c13-9(14)2-1-8-7-16-10(11-8)12-3-5-15-6-4-12/h1-2,7H,3-6H2,(H,13,14)/b2-1+. The van der Waals surface area contributed by atoms with Crippen LogP contribution in [0.4, 0.5) is 5.13 Å². The molecule has 1 aliphatic heterocycles. The third-order valence-electron chi connectivity index (χ3n) is 2.19. The molecule has 1 aromatic heterocycles. The summed E-state index contributed by atoms with van der Waals surface area (Å²) in [7, 11) is 0. The van der Waals surface area contributed by atoms with E-state index in [1.807, 2.05) is 5.38 Å². The molecule has 0 atom stereocenters. The first-order chi connectivity index (χ1) is 7.75. The van der Waals surface area contributed by atoms with E-state index in [9.17, 15) is 4.79 Å². The van der Waals surface area contributed by atoms with Gasteiger partial charge in [0.25, 0.3) is 0 Å². The molecule has 0 spiro atoms. The second-order valence-electron chi connectivity index (χ2n) is 3.33. The Hall–Kier alpha value is -1.40. The van der Waals surface area contributed by atoms with Crippen molar-refractivity contribution >= 4 is 28.5 Å². The largest absolute Gasteiger partial charge is 0.478 e. The Balaban J connectivity index is 2.03. The number of thiazole rings is 1. The quantitative estimate of drug-likeness (QED) is 0.801. The molecule has 1 N–H and O–H groups in total. The molecule has 1 fully saturated rings. The fraction of sp³-hybridized carbons (Fsp3) is 0.400. The molecular formula is C10H12N2O3S. The fourth-order valence-electron chi connectivity index (χ4n) is 1.41. The Bertz CT molecular complexity index is 397. The van der Waals surface area contributed by atoms with Crippen molar-refractivity contribution in [2.24, 2.45) is 0 Å². The van der Waals surface area contributed by atoms with E-state index in [0.29, 0.717) is 5.69 Å². The van der Waals surface area contributed by atoms with Crippen LogP contribution >= 0.6 is 11.3 Å². The van der Waals surface area contributed by atoms with Gasteiger partial charge in [0.2, 0.25) is 0 Å². The second-order valence-corrected chi connectivity index (χ2v) is 4.16. The van der Waals surface area contributed by atoms with E-state index in [1.165, 1.54) is 17.4 Å². The van der Waals surface area contributed by atoms with Crippen LogP contribution < -0.4 is 4.90 Å². The summed E-state index contributed by atoms with van der Waals surface area (Å²) >= 11 is 1.52. The van der Waals surface area contributed by atoms with Gasteiger partial charge < -0.3 is 14.7 Å². The lowest BCUT2D eigenvalue weighted by Crippen LogP contribution is -2.36. The summed E-state index contributed by atoms with van der Waals surface area (Å²) in [6.45, 7) is 3.13. The van der Waals surface area contributed by atoms with Crippen molar-refractivity contribution in [3.63, 3.8) is 0 Å². The lowest BCUT2D eigenvalue weighted by molar-refractivity contribution is -0.131. The van der Waals surface area contributed by atoms with Gasteiger partial charge in [0.1, 0.15) is 0 Å². The maximum absolute atomic E-state index is 10.3. The summed E-state index contributed by atoms with van der Waals surface area (Å²) in [5.41, 5.74) is 0.689. The summed E-state index contributed by atoms with van der Waals surface area (Å²) in [5.74, 6) is -0.957. The molecule has 5 nitrogen and oxygen atoms in total. The zero-order valence-corrected chi connectivity index (χ0v) is 9.44. The van der Waals surface area contributed by atoms with Crippen molar-refractivity contribution in [1.29, 1.82) is 0 Å². The molecule has 1 aliphatic rings. The number of hydrogen-bond donors (Lipinski definition) is 1. The second kappa shape index (κ2) is 5.09. The van der Waals surface area contributed by atoms with Crippen molar-refractivity contribution in [1.82, 2.24) is 4.98 Å². The SMILES string of the molecule is O=C(O)/C=C/c1csc(N2CCOCC2)n1. The summed E-state index contributed by atoms with van der Waals surface area (Å²) in [6, 6.07) is 0. The van der Waals surface area contributed by atoms with Crippen LogP contribution in [0.1, 0.15) is 5.69 Å². The number of aromatic nitrogens is 1. The molecule has 0 aliphatic carbocycles. The minimum absolute atomic E-state index is 0.689. The molecule has 16 heavy (non-hydrogen) atoms. The minimum atomic E-state index is -0.957. The Morgan fingerprint density at radius 2 is 2.31 bits per heavy atom. The van der Waals surface area contributed by atoms with Crippen LogP contribution in [0.15, 0.2) is 11.5 Å². The topological polar surface area (TPSA) is 62.7 Å². The van der Waals surface area contributed by atoms with Crippen molar-refractivity contribution in [2.45, 2.75) is 0 Å². The van der Waals surface area contributed by atoms with Crippen LogP contribution in [0.25, 0.3) is 6.08 Å². The Kier molecular flexibility index (Phi) is 3.53. The molecule has 0 bridgehead atoms. The predicted molar refractivity (Wildman–Crippen MR) is 61.8 cm³/mol. The van der Waals surface area contributed by atoms with E-state index in [2.05, 4.69) is 9.88 Å². The molecule has 2 heterocycles.